The molecule has 2 fully saturated rings. The van der Waals surface area contributed by atoms with E-state index in [1.807, 2.05) is 14.0 Å². The summed E-state index contributed by atoms with van der Waals surface area (Å²) in [6.07, 6.45) is 8.25. The summed E-state index contributed by atoms with van der Waals surface area (Å²) in [6.45, 7) is 3.13. The van der Waals surface area contributed by atoms with Crippen molar-refractivity contribution in [3.05, 3.63) is 11.9 Å². The molecule has 0 radical (unpaired) electrons. The second-order valence-electron chi connectivity index (χ2n) is 5.86. The number of aromatic nitrogens is 2. The van der Waals surface area contributed by atoms with Gasteiger partial charge in [-0.1, -0.05) is 12.8 Å². The molecular weight excluding hydrogens is 236 g/mol. The van der Waals surface area contributed by atoms with Crippen molar-refractivity contribution in [2.24, 2.45) is 5.92 Å². The highest BCUT2D eigenvalue weighted by Crippen LogP contribution is 2.37. The fraction of sp³-hybridized carbons (Fsp3) is 0.733. The zero-order valence-corrected chi connectivity index (χ0v) is 12.0. The van der Waals surface area contributed by atoms with Gasteiger partial charge in [0, 0.05) is 25.7 Å². The molecule has 1 aromatic rings. The Balaban J connectivity index is 1.89. The van der Waals surface area contributed by atoms with Crippen LogP contribution < -0.4 is 10.2 Å². The van der Waals surface area contributed by atoms with Crippen LogP contribution in [0.5, 0.6) is 0 Å². The van der Waals surface area contributed by atoms with Gasteiger partial charge in [-0.25, -0.2) is 9.97 Å². The molecule has 0 bridgehead atoms. The average Bonchev–Trinajstić information content (AvgIpc) is 2.46. The Bertz CT molecular complexity index is 444. The summed E-state index contributed by atoms with van der Waals surface area (Å²) in [4.78, 5) is 11.6. The highest BCUT2D eigenvalue weighted by Gasteiger charge is 2.34. The van der Waals surface area contributed by atoms with E-state index in [0.29, 0.717) is 6.04 Å². The van der Waals surface area contributed by atoms with E-state index in [-0.39, 0.29) is 0 Å². The molecule has 1 aliphatic carbocycles. The third-order valence-electron chi connectivity index (χ3n) is 4.62. The molecule has 1 saturated carbocycles. The minimum Gasteiger partial charge on any atom is -0.373 e. The normalized spacial score (nSPS) is 26.9. The Labute approximate surface area is 115 Å². The molecule has 1 saturated heterocycles. The molecule has 19 heavy (non-hydrogen) atoms. The van der Waals surface area contributed by atoms with Crippen molar-refractivity contribution in [3.63, 3.8) is 0 Å². The summed E-state index contributed by atoms with van der Waals surface area (Å²) in [5.41, 5.74) is 0. The maximum atomic E-state index is 4.67. The lowest BCUT2D eigenvalue weighted by Gasteiger charge is -2.44. The molecule has 1 N–H and O–H groups in total. The molecule has 4 nitrogen and oxygen atoms in total. The molecule has 1 aliphatic heterocycles. The molecule has 0 aromatic carbocycles. The summed E-state index contributed by atoms with van der Waals surface area (Å²) >= 11 is 0. The molecule has 2 unspecified atom stereocenters. The van der Waals surface area contributed by atoms with Crippen LogP contribution in [0.2, 0.25) is 0 Å². The van der Waals surface area contributed by atoms with Crippen molar-refractivity contribution in [2.45, 2.75) is 51.5 Å². The van der Waals surface area contributed by atoms with E-state index >= 15 is 0 Å². The van der Waals surface area contributed by atoms with Crippen molar-refractivity contribution in [1.82, 2.24) is 9.97 Å². The highest BCUT2D eigenvalue weighted by molar-refractivity contribution is 5.50. The van der Waals surface area contributed by atoms with Crippen molar-refractivity contribution in [2.75, 3.05) is 23.8 Å². The maximum absolute atomic E-state index is 4.67. The van der Waals surface area contributed by atoms with Crippen molar-refractivity contribution < 1.29 is 0 Å². The third-order valence-corrected chi connectivity index (χ3v) is 4.62. The second-order valence-corrected chi connectivity index (χ2v) is 5.86. The number of nitrogens with one attached hydrogen (secondary N) is 1. The largest absolute Gasteiger partial charge is 0.373 e. The Morgan fingerprint density at radius 3 is 2.79 bits per heavy atom. The highest BCUT2D eigenvalue weighted by atomic mass is 15.2. The van der Waals surface area contributed by atoms with E-state index in [9.17, 15) is 0 Å². The van der Waals surface area contributed by atoms with Gasteiger partial charge in [0.15, 0.2) is 0 Å². The summed E-state index contributed by atoms with van der Waals surface area (Å²) in [5.74, 6) is 3.80. The Kier molecular flexibility index (Phi) is 3.58. The molecule has 104 valence electrons. The van der Waals surface area contributed by atoms with Crippen LogP contribution in [-0.4, -0.2) is 29.6 Å². The van der Waals surface area contributed by atoms with Crippen LogP contribution in [0.3, 0.4) is 0 Å². The number of hydrogen-bond acceptors (Lipinski definition) is 4. The third kappa shape index (κ3) is 2.53. The first-order valence-corrected chi connectivity index (χ1v) is 7.58. The van der Waals surface area contributed by atoms with Gasteiger partial charge in [0.05, 0.1) is 0 Å². The predicted octanol–water partition coefficient (Wildman–Crippen LogP) is 2.99. The van der Waals surface area contributed by atoms with E-state index < -0.39 is 0 Å². The van der Waals surface area contributed by atoms with Crippen LogP contribution in [0.25, 0.3) is 0 Å². The molecule has 0 spiro atoms. The molecular formula is C15H24N4. The summed E-state index contributed by atoms with van der Waals surface area (Å²) < 4.78 is 0. The molecule has 1 aromatic heterocycles. The van der Waals surface area contributed by atoms with Crippen LogP contribution in [0.15, 0.2) is 6.07 Å². The van der Waals surface area contributed by atoms with Crippen LogP contribution in [0.1, 0.15) is 44.3 Å². The SMILES string of the molecule is CNc1cc(N2CCCC3CCCCC32)nc(C)n1. The minimum atomic E-state index is 0.710. The van der Waals surface area contributed by atoms with Crippen molar-refractivity contribution in [1.29, 1.82) is 0 Å². The Hall–Kier alpha value is -1.32. The minimum absolute atomic E-state index is 0.710. The number of anilines is 2. The van der Waals surface area contributed by atoms with E-state index in [2.05, 4.69) is 26.3 Å². The predicted molar refractivity (Wildman–Crippen MR) is 78.6 cm³/mol. The lowest BCUT2D eigenvalue weighted by molar-refractivity contribution is 0.242. The number of piperidine rings is 1. The number of fused-ring (bicyclic) bond motifs is 1. The number of aryl methyl sites for hydroxylation is 1. The van der Waals surface area contributed by atoms with Gasteiger partial charge in [0.2, 0.25) is 0 Å². The molecule has 3 rings (SSSR count). The first-order chi connectivity index (χ1) is 9.28. The van der Waals surface area contributed by atoms with Crippen LogP contribution in [0, 0.1) is 12.8 Å². The maximum Gasteiger partial charge on any atom is 0.134 e. The summed E-state index contributed by atoms with van der Waals surface area (Å²) in [5, 5.41) is 3.14. The lowest BCUT2D eigenvalue weighted by Crippen LogP contribution is -2.47. The fourth-order valence-electron chi connectivity index (χ4n) is 3.74. The average molecular weight is 260 g/mol. The Morgan fingerprint density at radius 1 is 1.16 bits per heavy atom. The van der Waals surface area contributed by atoms with Gasteiger partial charge in [-0.3, -0.25) is 0 Å². The van der Waals surface area contributed by atoms with E-state index in [4.69, 9.17) is 0 Å². The fourth-order valence-corrected chi connectivity index (χ4v) is 3.74. The smallest absolute Gasteiger partial charge is 0.134 e. The molecule has 2 atom stereocenters. The van der Waals surface area contributed by atoms with Gasteiger partial charge >= 0.3 is 0 Å². The number of hydrogen-bond donors (Lipinski definition) is 1. The van der Waals surface area contributed by atoms with Crippen LogP contribution >= 0.6 is 0 Å². The lowest BCUT2D eigenvalue weighted by atomic mass is 9.78. The van der Waals surface area contributed by atoms with Crippen molar-refractivity contribution in [3.8, 4) is 0 Å². The number of nitrogens with zero attached hydrogens (tertiary/aromatic N) is 3. The van der Waals surface area contributed by atoms with Gasteiger partial charge in [-0.2, -0.15) is 0 Å². The van der Waals surface area contributed by atoms with Gasteiger partial charge in [0.1, 0.15) is 17.5 Å². The summed E-state index contributed by atoms with van der Waals surface area (Å²) in [7, 11) is 1.92. The Morgan fingerprint density at radius 2 is 1.95 bits per heavy atom. The van der Waals surface area contributed by atoms with Gasteiger partial charge in [-0.05, 0) is 38.5 Å². The van der Waals surface area contributed by atoms with Crippen molar-refractivity contribution >= 4 is 11.6 Å². The number of rotatable bonds is 2. The summed E-state index contributed by atoms with van der Waals surface area (Å²) in [6, 6.07) is 2.81. The van der Waals surface area contributed by atoms with E-state index in [1.54, 1.807) is 0 Å². The first-order valence-electron chi connectivity index (χ1n) is 7.58. The van der Waals surface area contributed by atoms with Crippen LogP contribution in [-0.2, 0) is 0 Å². The topological polar surface area (TPSA) is 41.0 Å². The second kappa shape index (κ2) is 5.35. The molecule has 0 amide bonds. The molecule has 2 heterocycles. The van der Waals surface area contributed by atoms with Crippen LogP contribution in [0.4, 0.5) is 11.6 Å². The zero-order chi connectivity index (χ0) is 13.2. The van der Waals surface area contributed by atoms with E-state index in [0.717, 1.165) is 29.9 Å². The van der Waals surface area contributed by atoms with Gasteiger partial charge in [0.25, 0.3) is 0 Å². The molecule has 4 heteroatoms. The monoisotopic (exact) mass is 260 g/mol. The van der Waals surface area contributed by atoms with E-state index in [1.165, 1.54) is 38.5 Å². The quantitative estimate of drug-likeness (QED) is 0.887. The standard InChI is InChI=1S/C15H24N4/c1-11-17-14(16-2)10-15(18-11)19-9-5-7-12-6-3-4-8-13(12)19/h10,12-13H,3-9H2,1-2H3,(H,16,17,18). The van der Waals surface area contributed by atoms with Gasteiger partial charge in [-0.15, -0.1) is 0 Å². The zero-order valence-electron chi connectivity index (χ0n) is 12.0. The first kappa shape index (κ1) is 12.7. The molecule has 2 aliphatic rings. The van der Waals surface area contributed by atoms with Gasteiger partial charge < -0.3 is 10.2 Å².